The zero-order valence-corrected chi connectivity index (χ0v) is 21.2. The SMILES string of the molecule is CC(C)c1nnc(CCC(=O)N2CCC[C@]23CO[C@H]2c4ccccc4O[C@@](C)(CCC(=O)O)[C@@H]2C3)o1. The molecule has 5 rings (SSSR count). The first kappa shape index (κ1) is 24.7. The van der Waals surface area contributed by atoms with Crippen molar-refractivity contribution < 1.29 is 28.6 Å². The molecule has 1 N–H and O–H groups in total. The third-order valence-corrected chi connectivity index (χ3v) is 8.11. The summed E-state index contributed by atoms with van der Waals surface area (Å²) >= 11 is 0. The highest BCUT2D eigenvalue weighted by atomic mass is 16.5. The van der Waals surface area contributed by atoms with Crippen molar-refractivity contribution in [2.24, 2.45) is 5.92 Å². The lowest BCUT2D eigenvalue weighted by Crippen LogP contribution is -2.60. The molecule has 2 saturated heterocycles. The summed E-state index contributed by atoms with van der Waals surface area (Å²) in [6.07, 6.45) is 3.39. The molecule has 0 bridgehead atoms. The number of carbonyl (C=O) groups is 2. The molecule has 2 fully saturated rings. The Kier molecular flexibility index (Phi) is 6.53. The van der Waals surface area contributed by atoms with Gasteiger partial charge in [0.1, 0.15) is 11.4 Å². The largest absolute Gasteiger partial charge is 0.487 e. The summed E-state index contributed by atoms with van der Waals surface area (Å²) in [5, 5.41) is 17.6. The van der Waals surface area contributed by atoms with Gasteiger partial charge in [-0.3, -0.25) is 9.59 Å². The topological polar surface area (TPSA) is 115 Å². The molecule has 3 aliphatic heterocycles. The number of aromatic nitrogens is 2. The number of fused-ring (bicyclic) bond motifs is 3. The molecular formula is C27H35N3O6. The molecule has 1 aromatic heterocycles. The van der Waals surface area contributed by atoms with Gasteiger partial charge in [-0.1, -0.05) is 32.0 Å². The van der Waals surface area contributed by atoms with Crippen LogP contribution in [0.4, 0.5) is 0 Å². The fourth-order valence-electron chi connectivity index (χ4n) is 6.15. The Bertz CT molecular complexity index is 1130. The van der Waals surface area contributed by atoms with E-state index in [9.17, 15) is 14.7 Å². The van der Waals surface area contributed by atoms with E-state index in [1.165, 1.54) is 0 Å². The van der Waals surface area contributed by atoms with Crippen LogP contribution in [0.3, 0.4) is 0 Å². The summed E-state index contributed by atoms with van der Waals surface area (Å²) in [4.78, 5) is 26.9. The van der Waals surface area contributed by atoms with E-state index in [2.05, 4.69) is 10.2 Å². The maximum Gasteiger partial charge on any atom is 0.303 e. The van der Waals surface area contributed by atoms with Gasteiger partial charge in [-0.05, 0) is 38.7 Å². The zero-order valence-electron chi connectivity index (χ0n) is 21.2. The molecule has 4 heterocycles. The van der Waals surface area contributed by atoms with Crippen molar-refractivity contribution in [2.45, 2.75) is 88.9 Å². The second-order valence-electron chi connectivity index (χ2n) is 11.0. The Labute approximate surface area is 211 Å². The number of aliphatic carboxylic acids is 1. The number of likely N-dealkylation sites (tertiary alicyclic amines) is 1. The van der Waals surface area contributed by atoms with Crippen molar-refractivity contribution in [2.75, 3.05) is 13.2 Å². The predicted molar refractivity (Wildman–Crippen MR) is 130 cm³/mol. The minimum Gasteiger partial charge on any atom is -0.487 e. The van der Waals surface area contributed by atoms with Crippen molar-refractivity contribution in [3.05, 3.63) is 41.6 Å². The van der Waals surface area contributed by atoms with Gasteiger partial charge in [0.15, 0.2) is 0 Å². The van der Waals surface area contributed by atoms with Crippen molar-refractivity contribution in [1.82, 2.24) is 15.1 Å². The first-order chi connectivity index (χ1) is 17.2. The van der Waals surface area contributed by atoms with Crippen LogP contribution in [0, 0.1) is 5.92 Å². The highest BCUT2D eigenvalue weighted by Gasteiger charge is 2.57. The Morgan fingerprint density at radius 1 is 1.22 bits per heavy atom. The Morgan fingerprint density at radius 2 is 2.03 bits per heavy atom. The second kappa shape index (κ2) is 9.50. The lowest BCUT2D eigenvalue weighted by atomic mass is 9.68. The van der Waals surface area contributed by atoms with Crippen LogP contribution in [-0.2, 0) is 20.7 Å². The molecule has 0 saturated carbocycles. The van der Waals surface area contributed by atoms with Gasteiger partial charge >= 0.3 is 5.97 Å². The van der Waals surface area contributed by atoms with E-state index in [1.807, 2.05) is 49.9 Å². The molecule has 9 nitrogen and oxygen atoms in total. The highest BCUT2D eigenvalue weighted by Crippen LogP contribution is 2.55. The van der Waals surface area contributed by atoms with Gasteiger partial charge in [0.25, 0.3) is 0 Å². The van der Waals surface area contributed by atoms with Gasteiger partial charge < -0.3 is 23.9 Å². The van der Waals surface area contributed by atoms with Crippen LogP contribution in [0.5, 0.6) is 5.75 Å². The molecule has 2 aromatic rings. The molecule has 1 spiro atoms. The monoisotopic (exact) mass is 497 g/mol. The van der Waals surface area contributed by atoms with E-state index >= 15 is 0 Å². The Morgan fingerprint density at radius 3 is 2.78 bits per heavy atom. The number of ether oxygens (including phenoxy) is 2. The van der Waals surface area contributed by atoms with E-state index in [0.717, 1.165) is 24.2 Å². The lowest BCUT2D eigenvalue weighted by molar-refractivity contribution is -0.180. The Balaban J connectivity index is 1.36. The quantitative estimate of drug-likeness (QED) is 0.603. The van der Waals surface area contributed by atoms with Crippen LogP contribution in [0.1, 0.15) is 88.7 Å². The van der Waals surface area contributed by atoms with Crippen molar-refractivity contribution in [1.29, 1.82) is 0 Å². The van der Waals surface area contributed by atoms with Gasteiger partial charge in [-0.2, -0.15) is 0 Å². The van der Waals surface area contributed by atoms with Crippen LogP contribution in [-0.4, -0.2) is 56.4 Å². The van der Waals surface area contributed by atoms with E-state index in [0.29, 0.717) is 50.6 Å². The highest BCUT2D eigenvalue weighted by molar-refractivity contribution is 5.77. The number of carboxylic acid groups (broad SMARTS) is 1. The van der Waals surface area contributed by atoms with Gasteiger partial charge in [-0.15, -0.1) is 10.2 Å². The summed E-state index contributed by atoms with van der Waals surface area (Å²) in [6.45, 7) is 7.12. The summed E-state index contributed by atoms with van der Waals surface area (Å²) < 4.78 is 18.7. The summed E-state index contributed by atoms with van der Waals surface area (Å²) in [7, 11) is 0. The van der Waals surface area contributed by atoms with Crippen LogP contribution >= 0.6 is 0 Å². The van der Waals surface area contributed by atoms with Crippen molar-refractivity contribution in [3.8, 4) is 5.75 Å². The summed E-state index contributed by atoms with van der Waals surface area (Å²) in [5.41, 5.74) is -0.131. The lowest BCUT2D eigenvalue weighted by Gasteiger charge is -2.54. The standard InChI is InChI=1S/C27H35N3O6/c1-17(2)25-29-28-21(35-25)9-10-22(31)30-14-6-12-27(30)15-19-24(34-16-27)18-7-4-5-8-20(18)36-26(19,3)13-11-23(32)33/h4-5,7-8,17,19,24H,6,9-16H2,1-3H3,(H,32,33)/t19-,24+,26+,27+/m1/s1. The predicted octanol–water partition coefficient (Wildman–Crippen LogP) is 4.28. The number of para-hydroxylation sites is 1. The van der Waals surface area contributed by atoms with Crippen LogP contribution in [0.15, 0.2) is 28.7 Å². The molecular weight excluding hydrogens is 462 g/mol. The molecule has 9 heteroatoms. The maximum atomic E-state index is 13.4. The number of nitrogens with zero attached hydrogens (tertiary/aromatic N) is 3. The number of amides is 1. The number of hydrogen-bond donors (Lipinski definition) is 1. The summed E-state index contributed by atoms with van der Waals surface area (Å²) in [6, 6.07) is 7.84. The van der Waals surface area contributed by atoms with Gasteiger partial charge in [0, 0.05) is 43.2 Å². The van der Waals surface area contributed by atoms with Crippen LogP contribution in [0.2, 0.25) is 0 Å². The number of rotatable bonds is 7. The van der Waals surface area contributed by atoms with Crippen molar-refractivity contribution >= 4 is 11.9 Å². The minimum absolute atomic E-state index is 0.0140. The molecule has 0 unspecified atom stereocenters. The van der Waals surface area contributed by atoms with Gasteiger partial charge in [0.2, 0.25) is 17.7 Å². The molecule has 194 valence electrons. The first-order valence-electron chi connectivity index (χ1n) is 12.9. The molecule has 0 radical (unpaired) electrons. The fourth-order valence-corrected chi connectivity index (χ4v) is 6.15. The van der Waals surface area contributed by atoms with Crippen LogP contribution < -0.4 is 4.74 Å². The van der Waals surface area contributed by atoms with Gasteiger partial charge in [-0.25, -0.2) is 0 Å². The number of aryl methyl sites for hydroxylation is 1. The van der Waals surface area contributed by atoms with Crippen LogP contribution in [0.25, 0.3) is 0 Å². The van der Waals surface area contributed by atoms with E-state index < -0.39 is 17.1 Å². The molecule has 1 aromatic carbocycles. The number of benzene rings is 1. The molecule has 4 atom stereocenters. The van der Waals surface area contributed by atoms with E-state index in [1.54, 1.807) is 0 Å². The maximum absolute atomic E-state index is 13.4. The average molecular weight is 498 g/mol. The summed E-state index contributed by atoms with van der Waals surface area (Å²) in [5.74, 6) is 1.11. The number of hydrogen-bond acceptors (Lipinski definition) is 7. The zero-order chi connectivity index (χ0) is 25.5. The second-order valence-corrected chi connectivity index (χ2v) is 11.0. The third-order valence-electron chi connectivity index (χ3n) is 8.11. The third kappa shape index (κ3) is 4.49. The number of carboxylic acids is 1. The van der Waals surface area contributed by atoms with E-state index in [-0.39, 0.29) is 30.3 Å². The number of carbonyl (C=O) groups excluding carboxylic acids is 1. The average Bonchev–Trinajstić information content (AvgIpc) is 3.49. The van der Waals surface area contributed by atoms with E-state index in [4.69, 9.17) is 13.9 Å². The fraction of sp³-hybridized carbons (Fsp3) is 0.630. The normalized spacial score (nSPS) is 29.2. The first-order valence-corrected chi connectivity index (χ1v) is 12.9. The Hall–Kier alpha value is -2.94. The van der Waals surface area contributed by atoms with Crippen molar-refractivity contribution in [3.63, 3.8) is 0 Å². The molecule has 3 aliphatic rings. The molecule has 0 aliphatic carbocycles. The smallest absolute Gasteiger partial charge is 0.303 e. The molecule has 1 amide bonds. The molecule has 36 heavy (non-hydrogen) atoms. The minimum atomic E-state index is -0.846. The van der Waals surface area contributed by atoms with Gasteiger partial charge in [0.05, 0.1) is 18.2 Å².